The zero-order chi connectivity index (χ0) is 8.43. The Labute approximate surface area is 71.7 Å². The van der Waals surface area contributed by atoms with Crippen molar-refractivity contribution in [1.82, 2.24) is 4.98 Å². The highest BCUT2D eigenvalue weighted by molar-refractivity contribution is 9.10. The molecule has 0 saturated carbocycles. The molecule has 1 rings (SSSR count). The standard InChI is InChI=1S/C6H6BrNO3/c1-3-8-5(7)4(11-3)6(9)10-2/h1-2H3. The fourth-order valence-electron chi connectivity index (χ4n) is 0.620. The van der Waals surface area contributed by atoms with Gasteiger partial charge >= 0.3 is 5.97 Å². The number of ether oxygens (including phenoxy) is 1. The van der Waals surface area contributed by atoms with Gasteiger partial charge in [-0.3, -0.25) is 0 Å². The van der Waals surface area contributed by atoms with Crippen LogP contribution in [0.4, 0.5) is 0 Å². The molecule has 60 valence electrons. The molecular weight excluding hydrogens is 214 g/mol. The first-order chi connectivity index (χ1) is 5.15. The van der Waals surface area contributed by atoms with Crippen molar-refractivity contribution in [3.63, 3.8) is 0 Å². The highest BCUT2D eigenvalue weighted by atomic mass is 79.9. The summed E-state index contributed by atoms with van der Waals surface area (Å²) in [4.78, 5) is 14.7. The van der Waals surface area contributed by atoms with Crippen molar-refractivity contribution < 1.29 is 13.9 Å². The largest absolute Gasteiger partial charge is 0.463 e. The minimum atomic E-state index is -0.530. The summed E-state index contributed by atoms with van der Waals surface area (Å²) in [5.74, 6) is -0.000231. The van der Waals surface area contributed by atoms with Gasteiger partial charge in [0.15, 0.2) is 10.5 Å². The second-order valence-electron chi connectivity index (χ2n) is 1.84. The predicted molar refractivity (Wildman–Crippen MR) is 40.3 cm³/mol. The van der Waals surface area contributed by atoms with E-state index in [9.17, 15) is 4.79 Å². The Morgan fingerprint density at radius 2 is 2.36 bits per heavy atom. The molecule has 4 nitrogen and oxygen atoms in total. The summed E-state index contributed by atoms with van der Waals surface area (Å²) in [7, 11) is 1.28. The Kier molecular flexibility index (Phi) is 2.28. The molecule has 0 aliphatic carbocycles. The Morgan fingerprint density at radius 3 is 2.73 bits per heavy atom. The number of aryl methyl sites for hydroxylation is 1. The molecule has 0 aliphatic heterocycles. The topological polar surface area (TPSA) is 52.3 Å². The summed E-state index contributed by atoms with van der Waals surface area (Å²) in [6, 6.07) is 0. The van der Waals surface area contributed by atoms with Crippen LogP contribution in [0.1, 0.15) is 16.4 Å². The van der Waals surface area contributed by atoms with E-state index in [2.05, 4.69) is 25.7 Å². The number of nitrogens with zero attached hydrogens (tertiary/aromatic N) is 1. The average Bonchev–Trinajstić information content (AvgIpc) is 2.28. The van der Waals surface area contributed by atoms with E-state index >= 15 is 0 Å². The van der Waals surface area contributed by atoms with E-state index in [0.717, 1.165) is 0 Å². The number of carbonyl (C=O) groups is 1. The number of methoxy groups -OCH3 is 1. The second-order valence-corrected chi connectivity index (χ2v) is 2.60. The monoisotopic (exact) mass is 219 g/mol. The third-order valence-corrected chi connectivity index (χ3v) is 1.60. The van der Waals surface area contributed by atoms with E-state index in [1.165, 1.54) is 7.11 Å². The summed E-state index contributed by atoms with van der Waals surface area (Å²) in [5, 5.41) is 0. The first-order valence-corrected chi connectivity index (χ1v) is 3.65. The van der Waals surface area contributed by atoms with Gasteiger partial charge in [0.05, 0.1) is 7.11 Å². The van der Waals surface area contributed by atoms with Crippen LogP contribution in [0.15, 0.2) is 9.02 Å². The van der Waals surface area contributed by atoms with Gasteiger partial charge in [-0.05, 0) is 15.9 Å². The molecular formula is C6H6BrNO3. The highest BCUT2D eigenvalue weighted by Gasteiger charge is 2.16. The summed E-state index contributed by atoms with van der Waals surface area (Å²) < 4.78 is 9.74. The molecule has 0 aliphatic rings. The Hall–Kier alpha value is -0.840. The van der Waals surface area contributed by atoms with Crippen LogP contribution >= 0.6 is 15.9 Å². The van der Waals surface area contributed by atoms with Gasteiger partial charge in [0.2, 0.25) is 5.76 Å². The lowest BCUT2D eigenvalue weighted by molar-refractivity contribution is 0.0562. The van der Waals surface area contributed by atoms with Gasteiger partial charge in [-0.25, -0.2) is 9.78 Å². The maximum absolute atomic E-state index is 10.9. The van der Waals surface area contributed by atoms with Crippen LogP contribution in [0.5, 0.6) is 0 Å². The van der Waals surface area contributed by atoms with E-state index in [0.29, 0.717) is 10.5 Å². The Bertz CT molecular complexity index is 281. The third-order valence-electron chi connectivity index (χ3n) is 1.06. The molecule has 0 fully saturated rings. The number of carbonyl (C=O) groups excluding carboxylic acids is 1. The smallest absolute Gasteiger partial charge is 0.376 e. The molecule has 0 saturated heterocycles. The Balaban J connectivity index is 3.03. The molecule has 1 aromatic rings. The number of oxazole rings is 1. The van der Waals surface area contributed by atoms with Crippen molar-refractivity contribution in [3.05, 3.63) is 16.3 Å². The molecule has 0 unspecified atom stereocenters. The van der Waals surface area contributed by atoms with Crippen molar-refractivity contribution in [2.24, 2.45) is 0 Å². The summed E-state index contributed by atoms with van der Waals surface area (Å²) >= 11 is 3.05. The van der Waals surface area contributed by atoms with Crippen LogP contribution in [0, 0.1) is 6.92 Å². The molecule has 1 aromatic heterocycles. The zero-order valence-electron chi connectivity index (χ0n) is 6.05. The van der Waals surface area contributed by atoms with E-state index < -0.39 is 5.97 Å². The Morgan fingerprint density at radius 1 is 1.73 bits per heavy atom. The van der Waals surface area contributed by atoms with E-state index in [4.69, 9.17) is 4.42 Å². The maximum Gasteiger partial charge on any atom is 0.376 e. The third kappa shape index (κ3) is 1.59. The summed E-state index contributed by atoms with van der Waals surface area (Å²) in [5.41, 5.74) is 0. The van der Waals surface area contributed by atoms with Crippen molar-refractivity contribution >= 4 is 21.9 Å². The molecule has 0 spiro atoms. The lowest BCUT2D eigenvalue weighted by Crippen LogP contribution is -1.99. The fraction of sp³-hybridized carbons (Fsp3) is 0.333. The van der Waals surface area contributed by atoms with Gasteiger partial charge in [0.1, 0.15) is 0 Å². The molecule has 0 atom stereocenters. The minimum absolute atomic E-state index is 0.102. The van der Waals surface area contributed by atoms with Crippen molar-refractivity contribution in [2.45, 2.75) is 6.92 Å². The predicted octanol–water partition coefficient (Wildman–Crippen LogP) is 1.53. The van der Waals surface area contributed by atoms with E-state index in [-0.39, 0.29) is 5.76 Å². The summed E-state index contributed by atoms with van der Waals surface area (Å²) in [6.45, 7) is 1.65. The van der Waals surface area contributed by atoms with Crippen molar-refractivity contribution in [1.29, 1.82) is 0 Å². The van der Waals surface area contributed by atoms with Gasteiger partial charge < -0.3 is 9.15 Å². The quantitative estimate of drug-likeness (QED) is 0.673. The molecule has 0 aromatic carbocycles. The van der Waals surface area contributed by atoms with Gasteiger partial charge in [0, 0.05) is 6.92 Å². The molecule has 0 radical (unpaired) electrons. The molecule has 0 amide bonds. The first kappa shape index (κ1) is 8.26. The van der Waals surface area contributed by atoms with Crippen LogP contribution in [-0.4, -0.2) is 18.1 Å². The van der Waals surface area contributed by atoms with Crippen LogP contribution < -0.4 is 0 Å². The number of hydrogen-bond donors (Lipinski definition) is 0. The van der Waals surface area contributed by atoms with Gasteiger partial charge in [-0.2, -0.15) is 0 Å². The number of esters is 1. The van der Waals surface area contributed by atoms with Gasteiger partial charge in [0.25, 0.3) is 0 Å². The SMILES string of the molecule is COC(=O)c1oc(C)nc1Br. The normalized spacial score (nSPS) is 9.73. The lowest BCUT2D eigenvalue weighted by atomic mass is 10.5. The number of hydrogen-bond acceptors (Lipinski definition) is 4. The van der Waals surface area contributed by atoms with E-state index in [1.807, 2.05) is 0 Å². The van der Waals surface area contributed by atoms with Gasteiger partial charge in [-0.1, -0.05) is 0 Å². The van der Waals surface area contributed by atoms with Crippen LogP contribution in [0.2, 0.25) is 0 Å². The summed E-state index contributed by atoms with van der Waals surface area (Å²) in [6.07, 6.45) is 0. The second kappa shape index (κ2) is 3.04. The average molecular weight is 220 g/mol. The first-order valence-electron chi connectivity index (χ1n) is 2.86. The fourth-order valence-corrected chi connectivity index (χ4v) is 1.11. The van der Waals surface area contributed by atoms with Crippen LogP contribution in [-0.2, 0) is 4.74 Å². The highest BCUT2D eigenvalue weighted by Crippen LogP contribution is 2.17. The molecule has 0 N–H and O–H groups in total. The maximum atomic E-state index is 10.9. The van der Waals surface area contributed by atoms with Crippen molar-refractivity contribution in [2.75, 3.05) is 7.11 Å². The number of halogens is 1. The molecule has 11 heavy (non-hydrogen) atoms. The molecule has 0 bridgehead atoms. The van der Waals surface area contributed by atoms with Gasteiger partial charge in [-0.15, -0.1) is 0 Å². The number of aromatic nitrogens is 1. The van der Waals surface area contributed by atoms with Crippen LogP contribution in [0.3, 0.4) is 0 Å². The van der Waals surface area contributed by atoms with E-state index in [1.54, 1.807) is 6.92 Å². The van der Waals surface area contributed by atoms with Crippen LogP contribution in [0.25, 0.3) is 0 Å². The zero-order valence-corrected chi connectivity index (χ0v) is 7.64. The molecule has 5 heteroatoms. The minimum Gasteiger partial charge on any atom is -0.463 e. The van der Waals surface area contributed by atoms with Crippen molar-refractivity contribution in [3.8, 4) is 0 Å². The lowest BCUT2D eigenvalue weighted by Gasteiger charge is -1.91. The number of rotatable bonds is 1. The molecule has 1 heterocycles.